The monoisotopic (exact) mass is 309 g/mol. The summed E-state index contributed by atoms with van der Waals surface area (Å²) in [6.45, 7) is 1.46. The van der Waals surface area contributed by atoms with Crippen molar-refractivity contribution in [3.63, 3.8) is 0 Å². The molecule has 2 aromatic rings. The normalized spacial score (nSPS) is 11.1. The molecule has 0 spiro atoms. The van der Waals surface area contributed by atoms with Crippen LogP contribution in [0.1, 0.15) is 15.9 Å². The Morgan fingerprint density at radius 2 is 1.76 bits per heavy atom. The van der Waals surface area contributed by atoms with Crippen LogP contribution in [0.5, 0.6) is 0 Å². The van der Waals surface area contributed by atoms with Gasteiger partial charge < -0.3 is 5.11 Å². The highest BCUT2D eigenvalue weighted by Gasteiger charge is 2.16. The molecule has 2 N–H and O–H groups in total. The van der Waals surface area contributed by atoms with Crippen molar-refractivity contribution in [1.29, 1.82) is 0 Å². The van der Waals surface area contributed by atoms with Crippen molar-refractivity contribution >= 4 is 21.7 Å². The fraction of sp³-hybridized carbons (Fsp3) is 0.0714. The fourth-order valence-corrected chi connectivity index (χ4v) is 2.82. The number of rotatable bonds is 4. The molecule has 7 heteroatoms. The minimum absolute atomic E-state index is 0.0177. The quantitative estimate of drug-likeness (QED) is 0.909. The van der Waals surface area contributed by atoms with Gasteiger partial charge in [-0.3, -0.25) is 4.72 Å². The maximum atomic E-state index is 13.4. The maximum Gasteiger partial charge on any atom is 0.335 e. The minimum atomic E-state index is -3.90. The lowest BCUT2D eigenvalue weighted by molar-refractivity contribution is 0.0696. The number of hydrogen-bond donors (Lipinski definition) is 2. The van der Waals surface area contributed by atoms with Crippen LogP contribution in [0.25, 0.3) is 0 Å². The Kier molecular flexibility index (Phi) is 3.95. The molecule has 0 bridgehead atoms. The molecule has 2 aromatic carbocycles. The van der Waals surface area contributed by atoms with Gasteiger partial charge in [0, 0.05) is 5.56 Å². The molecule has 0 aliphatic heterocycles. The van der Waals surface area contributed by atoms with E-state index in [1.54, 1.807) is 0 Å². The highest BCUT2D eigenvalue weighted by molar-refractivity contribution is 7.92. The highest BCUT2D eigenvalue weighted by atomic mass is 32.2. The van der Waals surface area contributed by atoms with Crippen molar-refractivity contribution in [1.82, 2.24) is 0 Å². The van der Waals surface area contributed by atoms with Crippen LogP contribution in [0, 0.1) is 12.7 Å². The van der Waals surface area contributed by atoms with Gasteiger partial charge in [0.2, 0.25) is 0 Å². The topological polar surface area (TPSA) is 83.5 Å². The molecule has 0 amide bonds. The van der Waals surface area contributed by atoms with E-state index in [-0.39, 0.29) is 21.7 Å². The average molecular weight is 309 g/mol. The molecule has 0 saturated carbocycles. The number of carboxylic acid groups (broad SMARTS) is 1. The number of nitrogens with one attached hydrogen (secondary N) is 1. The van der Waals surface area contributed by atoms with Crippen LogP contribution < -0.4 is 4.72 Å². The van der Waals surface area contributed by atoms with Gasteiger partial charge >= 0.3 is 5.97 Å². The summed E-state index contributed by atoms with van der Waals surface area (Å²) in [6, 6.07) is 8.82. The zero-order valence-corrected chi connectivity index (χ0v) is 11.8. The molecule has 21 heavy (non-hydrogen) atoms. The maximum absolute atomic E-state index is 13.4. The lowest BCUT2D eigenvalue weighted by Gasteiger charge is -2.11. The van der Waals surface area contributed by atoms with E-state index in [0.29, 0.717) is 0 Å². The number of benzene rings is 2. The molecular weight excluding hydrogens is 297 g/mol. The molecule has 0 saturated heterocycles. The predicted octanol–water partition coefficient (Wildman–Crippen LogP) is 2.63. The zero-order valence-electron chi connectivity index (χ0n) is 11.0. The summed E-state index contributed by atoms with van der Waals surface area (Å²) >= 11 is 0. The number of carboxylic acids is 1. The van der Waals surface area contributed by atoms with Gasteiger partial charge in [0.15, 0.2) is 0 Å². The summed E-state index contributed by atoms with van der Waals surface area (Å²) in [5.41, 5.74) is 0.302. The second kappa shape index (κ2) is 5.53. The molecule has 0 aliphatic rings. The van der Waals surface area contributed by atoms with Crippen molar-refractivity contribution < 1.29 is 22.7 Å². The molecule has 0 aromatic heterocycles. The average Bonchev–Trinajstić information content (AvgIpc) is 2.44. The van der Waals surface area contributed by atoms with Gasteiger partial charge in [-0.05, 0) is 43.3 Å². The van der Waals surface area contributed by atoms with E-state index < -0.39 is 21.8 Å². The third kappa shape index (κ3) is 3.19. The Balaban J connectivity index is 2.34. The van der Waals surface area contributed by atoms with Crippen LogP contribution in [-0.2, 0) is 10.0 Å². The fourth-order valence-electron chi connectivity index (χ4n) is 1.70. The standard InChI is InChI=1S/C14H12FNO4S/c1-9-12(15)3-2-4-13(9)16-21(19,20)11-7-5-10(6-8-11)14(17)18/h2-8,16H,1H3,(H,17,18). The van der Waals surface area contributed by atoms with Crippen LogP contribution >= 0.6 is 0 Å². The third-order valence-corrected chi connectivity index (χ3v) is 4.30. The number of aromatic carboxylic acids is 1. The lowest BCUT2D eigenvalue weighted by atomic mass is 10.2. The van der Waals surface area contributed by atoms with Crippen LogP contribution in [0.15, 0.2) is 47.4 Å². The summed E-state index contributed by atoms with van der Waals surface area (Å²) in [4.78, 5) is 10.6. The van der Waals surface area contributed by atoms with E-state index in [9.17, 15) is 17.6 Å². The number of carbonyl (C=O) groups is 1. The summed E-state index contributed by atoms with van der Waals surface area (Å²) in [7, 11) is -3.90. The van der Waals surface area contributed by atoms with Gasteiger partial charge in [0.25, 0.3) is 10.0 Å². The lowest BCUT2D eigenvalue weighted by Crippen LogP contribution is -2.14. The Hall–Kier alpha value is -2.41. The van der Waals surface area contributed by atoms with E-state index in [1.165, 1.54) is 49.4 Å². The van der Waals surface area contributed by atoms with E-state index in [2.05, 4.69) is 4.72 Å². The summed E-state index contributed by atoms with van der Waals surface area (Å²) in [5.74, 6) is -1.66. The first-order chi connectivity index (χ1) is 9.81. The second-order valence-corrected chi connectivity index (χ2v) is 6.03. The third-order valence-electron chi connectivity index (χ3n) is 2.92. The molecular formula is C14H12FNO4S. The molecule has 110 valence electrons. The predicted molar refractivity (Wildman–Crippen MR) is 75.3 cm³/mol. The van der Waals surface area contributed by atoms with Crippen molar-refractivity contribution in [2.75, 3.05) is 4.72 Å². The smallest absolute Gasteiger partial charge is 0.335 e. The Morgan fingerprint density at radius 1 is 1.14 bits per heavy atom. The first kappa shape index (κ1) is 15.0. The van der Waals surface area contributed by atoms with Crippen molar-refractivity contribution in [2.24, 2.45) is 0 Å². The molecule has 0 unspecified atom stereocenters. The molecule has 0 heterocycles. The minimum Gasteiger partial charge on any atom is -0.478 e. The molecule has 0 radical (unpaired) electrons. The van der Waals surface area contributed by atoms with Crippen LogP contribution in [-0.4, -0.2) is 19.5 Å². The summed E-state index contributed by atoms with van der Waals surface area (Å²) in [6.07, 6.45) is 0. The number of anilines is 1. The van der Waals surface area contributed by atoms with E-state index in [0.717, 1.165) is 0 Å². The molecule has 0 aliphatic carbocycles. The van der Waals surface area contributed by atoms with Crippen LogP contribution in [0.3, 0.4) is 0 Å². The molecule has 0 fully saturated rings. The summed E-state index contributed by atoms with van der Waals surface area (Å²) in [5, 5.41) is 8.77. The van der Waals surface area contributed by atoms with Crippen molar-refractivity contribution in [3.05, 3.63) is 59.4 Å². The molecule has 5 nitrogen and oxygen atoms in total. The Morgan fingerprint density at radius 3 is 2.33 bits per heavy atom. The van der Waals surface area contributed by atoms with E-state index >= 15 is 0 Å². The second-order valence-electron chi connectivity index (χ2n) is 4.35. The largest absolute Gasteiger partial charge is 0.478 e. The summed E-state index contributed by atoms with van der Waals surface area (Å²) < 4.78 is 40.0. The first-order valence-electron chi connectivity index (χ1n) is 5.92. The van der Waals surface area contributed by atoms with Crippen LogP contribution in [0.2, 0.25) is 0 Å². The molecule has 2 rings (SSSR count). The van der Waals surface area contributed by atoms with Gasteiger partial charge in [0.05, 0.1) is 16.1 Å². The van der Waals surface area contributed by atoms with Gasteiger partial charge in [0.1, 0.15) is 5.82 Å². The zero-order chi connectivity index (χ0) is 15.6. The number of halogens is 1. The Labute approximate surface area is 121 Å². The number of hydrogen-bond acceptors (Lipinski definition) is 3. The van der Waals surface area contributed by atoms with Crippen molar-refractivity contribution in [2.45, 2.75) is 11.8 Å². The van der Waals surface area contributed by atoms with Gasteiger partial charge in [-0.1, -0.05) is 6.07 Å². The van der Waals surface area contributed by atoms with E-state index in [1.807, 2.05) is 0 Å². The van der Waals surface area contributed by atoms with Crippen molar-refractivity contribution in [3.8, 4) is 0 Å². The SMILES string of the molecule is Cc1c(F)cccc1NS(=O)(=O)c1ccc(C(=O)O)cc1. The Bertz CT molecular complexity index is 785. The van der Waals surface area contributed by atoms with Gasteiger partial charge in [-0.2, -0.15) is 0 Å². The van der Waals surface area contributed by atoms with Gasteiger partial charge in [-0.25, -0.2) is 17.6 Å². The molecule has 0 atom stereocenters. The van der Waals surface area contributed by atoms with Gasteiger partial charge in [-0.15, -0.1) is 0 Å². The number of sulfonamides is 1. The highest BCUT2D eigenvalue weighted by Crippen LogP contribution is 2.21. The first-order valence-corrected chi connectivity index (χ1v) is 7.41. The van der Waals surface area contributed by atoms with E-state index in [4.69, 9.17) is 5.11 Å². The van der Waals surface area contributed by atoms with Crippen LogP contribution in [0.4, 0.5) is 10.1 Å².